The summed E-state index contributed by atoms with van der Waals surface area (Å²) in [4.78, 5) is 16.3. The third-order valence-corrected chi connectivity index (χ3v) is 3.62. The molecule has 1 aliphatic heterocycles. The van der Waals surface area contributed by atoms with E-state index >= 15 is 0 Å². The van der Waals surface area contributed by atoms with Crippen molar-refractivity contribution in [1.82, 2.24) is 9.80 Å². The maximum absolute atomic E-state index is 11.8. The zero-order valence-electron chi connectivity index (χ0n) is 11.3. The van der Waals surface area contributed by atoms with Gasteiger partial charge in [0.2, 0.25) is 5.91 Å². The molecule has 1 aliphatic rings. The summed E-state index contributed by atoms with van der Waals surface area (Å²) in [5, 5.41) is 0. The molecule has 1 unspecified atom stereocenters. The van der Waals surface area contributed by atoms with Crippen molar-refractivity contribution in [2.45, 2.75) is 45.6 Å². The zero-order valence-corrected chi connectivity index (χ0v) is 11.3. The van der Waals surface area contributed by atoms with E-state index in [9.17, 15) is 4.79 Å². The minimum absolute atomic E-state index is 0.319. The largest absolute Gasteiger partial charge is 0.340 e. The topological polar surface area (TPSA) is 49.6 Å². The van der Waals surface area contributed by atoms with Crippen LogP contribution in [0.1, 0.15) is 39.5 Å². The summed E-state index contributed by atoms with van der Waals surface area (Å²) >= 11 is 0. The molecule has 0 radical (unpaired) electrons. The predicted molar refractivity (Wildman–Crippen MR) is 70.8 cm³/mol. The van der Waals surface area contributed by atoms with E-state index in [0.717, 1.165) is 52.0 Å². The Morgan fingerprint density at radius 1 is 1.24 bits per heavy atom. The highest BCUT2D eigenvalue weighted by Gasteiger charge is 2.24. The monoisotopic (exact) mass is 241 g/mol. The van der Waals surface area contributed by atoms with Gasteiger partial charge in [-0.25, -0.2) is 0 Å². The number of hydrogen-bond donors (Lipinski definition) is 1. The molecule has 4 heteroatoms. The molecule has 17 heavy (non-hydrogen) atoms. The lowest BCUT2D eigenvalue weighted by molar-refractivity contribution is -0.133. The molecule has 0 aliphatic carbocycles. The lowest BCUT2D eigenvalue weighted by Gasteiger charge is -2.39. The van der Waals surface area contributed by atoms with E-state index in [1.807, 2.05) is 4.90 Å². The van der Waals surface area contributed by atoms with Gasteiger partial charge in [0, 0.05) is 38.6 Å². The van der Waals surface area contributed by atoms with Crippen molar-refractivity contribution in [3.05, 3.63) is 0 Å². The highest BCUT2D eigenvalue weighted by Crippen LogP contribution is 2.12. The van der Waals surface area contributed by atoms with Crippen molar-refractivity contribution in [2.75, 3.05) is 32.7 Å². The smallest absolute Gasteiger partial charge is 0.222 e. The molecule has 4 nitrogen and oxygen atoms in total. The Balaban J connectivity index is 2.36. The van der Waals surface area contributed by atoms with E-state index in [1.54, 1.807) is 0 Å². The van der Waals surface area contributed by atoms with Crippen molar-refractivity contribution in [2.24, 2.45) is 5.73 Å². The fourth-order valence-corrected chi connectivity index (χ4v) is 2.55. The van der Waals surface area contributed by atoms with Gasteiger partial charge in [0.05, 0.1) is 0 Å². The van der Waals surface area contributed by atoms with Crippen LogP contribution in [-0.4, -0.2) is 54.5 Å². The van der Waals surface area contributed by atoms with Gasteiger partial charge in [0.15, 0.2) is 0 Å². The number of nitrogens with two attached hydrogens (primary N) is 1. The second kappa shape index (κ2) is 7.67. The SMILES string of the molecule is CCCC(=O)N1CCN(C(CC)CCN)CC1. The summed E-state index contributed by atoms with van der Waals surface area (Å²) < 4.78 is 0. The second-order valence-corrected chi connectivity index (χ2v) is 4.81. The van der Waals surface area contributed by atoms with E-state index < -0.39 is 0 Å². The summed E-state index contributed by atoms with van der Waals surface area (Å²) in [6.45, 7) is 8.83. The van der Waals surface area contributed by atoms with Crippen LogP contribution >= 0.6 is 0 Å². The Kier molecular flexibility index (Phi) is 6.52. The maximum atomic E-state index is 11.8. The lowest BCUT2D eigenvalue weighted by atomic mass is 10.1. The lowest BCUT2D eigenvalue weighted by Crippen LogP contribution is -2.52. The average Bonchev–Trinajstić information content (AvgIpc) is 2.36. The van der Waals surface area contributed by atoms with Gasteiger partial charge in [0.25, 0.3) is 0 Å². The number of amides is 1. The van der Waals surface area contributed by atoms with Crippen LogP contribution in [0, 0.1) is 0 Å². The zero-order chi connectivity index (χ0) is 12.7. The highest BCUT2D eigenvalue weighted by atomic mass is 16.2. The van der Waals surface area contributed by atoms with Crippen LogP contribution in [0.15, 0.2) is 0 Å². The van der Waals surface area contributed by atoms with E-state index in [0.29, 0.717) is 18.4 Å². The molecule has 100 valence electrons. The van der Waals surface area contributed by atoms with Crippen molar-refractivity contribution in [1.29, 1.82) is 0 Å². The average molecular weight is 241 g/mol. The first-order valence-electron chi connectivity index (χ1n) is 6.94. The predicted octanol–water partition coefficient (Wildman–Crippen LogP) is 1.06. The molecule has 1 fully saturated rings. The van der Waals surface area contributed by atoms with Crippen molar-refractivity contribution >= 4 is 5.91 Å². The summed E-state index contributed by atoms with van der Waals surface area (Å²) in [7, 11) is 0. The van der Waals surface area contributed by atoms with E-state index in [1.165, 1.54) is 0 Å². The van der Waals surface area contributed by atoms with Crippen LogP contribution in [0.4, 0.5) is 0 Å². The normalized spacial score (nSPS) is 19.4. The molecule has 2 N–H and O–H groups in total. The minimum atomic E-state index is 0.319. The van der Waals surface area contributed by atoms with Crippen molar-refractivity contribution in [3.8, 4) is 0 Å². The first kappa shape index (κ1) is 14.5. The Bertz CT molecular complexity index is 225. The number of nitrogens with zero attached hydrogens (tertiary/aromatic N) is 2. The minimum Gasteiger partial charge on any atom is -0.340 e. The molecule has 0 aromatic rings. The summed E-state index contributed by atoms with van der Waals surface area (Å²) in [5.74, 6) is 0.319. The Hall–Kier alpha value is -0.610. The molecule has 1 saturated heterocycles. The Morgan fingerprint density at radius 2 is 1.88 bits per heavy atom. The fraction of sp³-hybridized carbons (Fsp3) is 0.923. The van der Waals surface area contributed by atoms with Gasteiger partial charge in [-0.15, -0.1) is 0 Å². The van der Waals surface area contributed by atoms with Gasteiger partial charge >= 0.3 is 0 Å². The molecule has 0 saturated carbocycles. The molecule has 0 spiro atoms. The van der Waals surface area contributed by atoms with Gasteiger partial charge < -0.3 is 10.6 Å². The molecule has 0 bridgehead atoms. The summed E-state index contributed by atoms with van der Waals surface area (Å²) in [5.41, 5.74) is 5.64. The number of hydrogen-bond acceptors (Lipinski definition) is 3. The Morgan fingerprint density at radius 3 is 2.35 bits per heavy atom. The standard InChI is InChI=1S/C13H27N3O/c1-3-5-13(17)16-10-8-15(9-11-16)12(4-2)6-7-14/h12H,3-11,14H2,1-2H3. The van der Waals surface area contributed by atoms with Crippen LogP contribution < -0.4 is 5.73 Å². The van der Waals surface area contributed by atoms with Crippen LogP contribution in [0.25, 0.3) is 0 Å². The van der Waals surface area contributed by atoms with Gasteiger partial charge in [-0.1, -0.05) is 13.8 Å². The molecule has 0 aromatic carbocycles. The number of rotatable bonds is 6. The molecule has 1 rings (SSSR count). The Labute approximate surface area is 105 Å². The molecule has 1 heterocycles. The first-order valence-corrected chi connectivity index (χ1v) is 6.94. The van der Waals surface area contributed by atoms with E-state index in [2.05, 4.69) is 18.7 Å². The van der Waals surface area contributed by atoms with Gasteiger partial charge in [-0.2, -0.15) is 0 Å². The maximum Gasteiger partial charge on any atom is 0.222 e. The molecular weight excluding hydrogens is 214 g/mol. The third kappa shape index (κ3) is 4.28. The number of carbonyl (C=O) groups is 1. The molecular formula is C13H27N3O. The van der Waals surface area contributed by atoms with Crippen molar-refractivity contribution < 1.29 is 4.79 Å². The fourth-order valence-electron chi connectivity index (χ4n) is 2.55. The van der Waals surface area contributed by atoms with E-state index in [4.69, 9.17) is 5.73 Å². The van der Waals surface area contributed by atoms with Gasteiger partial charge in [-0.3, -0.25) is 9.69 Å². The number of carbonyl (C=O) groups excluding carboxylic acids is 1. The molecule has 1 atom stereocenters. The molecule has 0 aromatic heterocycles. The number of piperazine rings is 1. The summed E-state index contributed by atoms with van der Waals surface area (Å²) in [6.07, 6.45) is 3.86. The first-order chi connectivity index (χ1) is 8.22. The van der Waals surface area contributed by atoms with Gasteiger partial charge in [-0.05, 0) is 25.8 Å². The van der Waals surface area contributed by atoms with Crippen molar-refractivity contribution in [3.63, 3.8) is 0 Å². The van der Waals surface area contributed by atoms with Crippen LogP contribution in [0.5, 0.6) is 0 Å². The quantitative estimate of drug-likeness (QED) is 0.756. The third-order valence-electron chi connectivity index (χ3n) is 3.62. The van der Waals surface area contributed by atoms with Crippen LogP contribution in [-0.2, 0) is 4.79 Å². The van der Waals surface area contributed by atoms with Gasteiger partial charge in [0.1, 0.15) is 0 Å². The molecule has 1 amide bonds. The second-order valence-electron chi connectivity index (χ2n) is 4.81. The highest BCUT2D eigenvalue weighted by molar-refractivity contribution is 5.76. The summed E-state index contributed by atoms with van der Waals surface area (Å²) in [6, 6.07) is 0.600. The van der Waals surface area contributed by atoms with Crippen LogP contribution in [0.3, 0.4) is 0 Å². The van der Waals surface area contributed by atoms with E-state index in [-0.39, 0.29) is 0 Å². The van der Waals surface area contributed by atoms with Crippen LogP contribution in [0.2, 0.25) is 0 Å².